The van der Waals surface area contributed by atoms with Crippen LogP contribution in [0.15, 0.2) is 30.3 Å². The highest BCUT2D eigenvalue weighted by Crippen LogP contribution is 2.34. The summed E-state index contributed by atoms with van der Waals surface area (Å²) in [6.45, 7) is 0.252. The van der Waals surface area contributed by atoms with Crippen LogP contribution < -0.4 is 4.90 Å². The second-order valence-electron chi connectivity index (χ2n) is 6.33. The van der Waals surface area contributed by atoms with Crippen LogP contribution in [-0.2, 0) is 9.59 Å². The van der Waals surface area contributed by atoms with E-state index in [2.05, 4.69) is 0 Å². The number of benzene rings is 1. The molecule has 2 aliphatic heterocycles. The molecule has 0 bridgehead atoms. The van der Waals surface area contributed by atoms with Gasteiger partial charge >= 0.3 is 6.18 Å². The number of para-hydroxylation sites is 1. The third-order valence-electron chi connectivity index (χ3n) is 4.71. The maximum absolute atomic E-state index is 13.2. The third-order valence-corrected chi connectivity index (χ3v) is 4.71. The van der Waals surface area contributed by atoms with Gasteiger partial charge in [-0.05, 0) is 31.4 Å². The van der Waals surface area contributed by atoms with Crippen LogP contribution in [-0.4, -0.2) is 42.0 Å². The molecule has 3 rings (SSSR count). The molecule has 1 aromatic carbocycles. The number of hydrogen-bond acceptors (Lipinski definition) is 2. The molecule has 0 N–H and O–H groups in total. The van der Waals surface area contributed by atoms with Crippen molar-refractivity contribution in [1.82, 2.24) is 4.90 Å². The number of anilines is 1. The molecular weight excluding hydrogens is 321 g/mol. The molecular formula is C17H19F3N2O2. The molecule has 0 saturated carbocycles. The lowest BCUT2D eigenvalue weighted by Crippen LogP contribution is -2.53. The number of likely N-dealkylation sites (tertiary alicyclic amines) is 1. The summed E-state index contributed by atoms with van der Waals surface area (Å²) in [6.07, 6.45) is -3.47. The molecule has 0 aromatic heterocycles. The molecule has 2 heterocycles. The number of carbonyl (C=O) groups is 2. The van der Waals surface area contributed by atoms with Gasteiger partial charge in [0.25, 0.3) is 0 Å². The van der Waals surface area contributed by atoms with E-state index in [-0.39, 0.29) is 31.8 Å². The fraction of sp³-hybridized carbons (Fsp3) is 0.529. The van der Waals surface area contributed by atoms with Crippen molar-refractivity contribution < 1.29 is 22.8 Å². The lowest BCUT2D eigenvalue weighted by atomic mass is 9.98. The lowest BCUT2D eigenvalue weighted by molar-refractivity contribution is -0.197. The van der Waals surface area contributed by atoms with Crippen molar-refractivity contribution in [2.75, 3.05) is 18.0 Å². The summed E-state index contributed by atoms with van der Waals surface area (Å²) >= 11 is 0. The second kappa shape index (κ2) is 6.45. The molecule has 2 unspecified atom stereocenters. The van der Waals surface area contributed by atoms with Crippen molar-refractivity contribution in [3.63, 3.8) is 0 Å². The minimum Gasteiger partial charge on any atom is -0.330 e. The lowest BCUT2D eigenvalue weighted by Gasteiger charge is -2.38. The minimum atomic E-state index is -4.42. The Hall–Kier alpha value is -2.05. The summed E-state index contributed by atoms with van der Waals surface area (Å²) in [5.41, 5.74) is 0.670. The zero-order valence-corrected chi connectivity index (χ0v) is 13.1. The van der Waals surface area contributed by atoms with Crippen molar-refractivity contribution >= 4 is 17.5 Å². The summed E-state index contributed by atoms with van der Waals surface area (Å²) in [6, 6.07) is 7.16. The van der Waals surface area contributed by atoms with Gasteiger partial charge < -0.3 is 9.80 Å². The average molecular weight is 340 g/mol. The van der Waals surface area contributed by atoms with Gasteiger partial charge in [0.05, 0.1) is 5.92 Å². The Morgan fingerprint density at radius 3 is 2.50 bits per heavy atom. The zero-order chi connectivity index (χ0) is 17.3. The second-order valence-corrected chi connectivity index (χ2v) is 6.33. The topological polar surface area (TPSA) is 40.6 Å². The molecule has 1 aromatic rings. The van der Waals surface area contributed by atoms with Crippen LogP contribution in [0.5, 0.6) is 0 Å². The molecule has 2 amide bonds. The van der Waals surface area contributed by atoms with Gasteiger partial charge in [-0.3, -0.25) is 9.59 Å². The Labute approximate surface area is 138 Å². The monoisotopic (exact) mass is 340 g/mol. The first-order chi connectivity index (χ1) is 11.4. The highest BCUT2D eigenvalue weighted by Gasteiger charge is 2.48. The van der Waals surface area contributed by atoms with E-state index < -0.39 is 24.0 Å². The van der Waals surface area contributed by atoms with E-state index in [9.17, 15) is 22.8 Å². The molecule has 130 valence electrons. The van der Waals surface area contributed by atoms with E-state index >= 15 is 0 Å². The molecule has 4 nitrogen and oxygen atoms in total. The molecule has 24 heavy (non-hydrogen) atoms. The summed E-state index contributed by atoms with van der Waals surface area (Å²) in [4.78, 5) is 27.2. The largest absolute Gasteiger partial charge is 0.408 e. The first-order valence-electron chi connectivity index (χ1n) is 8.10. The minimum absolute atomic E-state index is 0.0329. The van der Waals surface area contributed by atoms with Crippen LogP contribution in [0.2, 0.25) is 0 Å². The van der Waals surface area contributed by atoms with Crippen LogP contribution in [0.1, 0.15) is 25.7 Å². The maximum atomic E-state index is 13.2. The third kappa shape index (κ3) is 3.25. The fourth-order valence-electron chi connectivity index (χ4n) is 3.50. The van der Waals surface area contributed by atoms with Crippen molar-refractivity contribution in [2.45, 2.75) is 37.9 Å². The fourth-order valence-corrected chi connectivity index (χ4v) is 3.50. The van der Waals surface area contributed by atoms with Gasteiger partial charge in [-0.2, -0.15) is 13.2 Å². The predicted molar refractivity (Wildman–Crippen MR) is 82.3 cm³/mol. The van der Waals surface area contributed by atoms with Crippen molar-refractivity contribution in [2.24, 2.45) is 5.92 Å². The van der Waals surface area contributed by atoms with Crippen LogP contribution in [0.4, 0.5) is 18.9 Å². The number of piperidine rings is 1. The Morgan fingerprint density at radius 2 is 1.83 bits per heavy atom. The summed E-state index contributed by atoms with van der Waals surface area (Å²) in [7, 11) is 0. The van der Waals surface area contributed by atoms with E-state index in [4.69, 9.17) is 0 Å². The van der Waals surface area contributed by atoms with Gasteiger partial charge in [0.2, 0.25) is 11.8 Å². The smallest absolute Gasteiger partial charge is 0.330 e. The predicted octanol–water partition coefficient (Wildman–Crippen LogP) is 2.98. The summed E-state index contributed by atoms with van der Waals surface area (Å²) in [5.74, 6) is -1.48. The Morgan fingerprint density at radius 1 is 1.12 bits per heavy atom. The van der Waals surface area contributed by atoms with Crippen LogP contribution in [0.25, 0.3) is 0 Å². The highest BCUT2D eigenvalue weighted by atomic mass is 19.4. The van der Waals surface area contributed by atoms with Gasteiger partial charge in [0.1, 0.15) is 6.04 Å². The van der Waals surface area contributed by atoms with Crippen LogP contribution in [0, 0.1) is 5.92 Å². The standard InChI is InChI=1S/C17H19F3N2O2/c18-17(19,20)14-8-4-5-9-21(14)16(24)12-10-15(23)22(11-12)13-6-2-1-3-7-13/h1-3,6-7,12,14H,4-5,8-11H2. The van der Waals surface area contributed by atoms with Crippen LogP contribution >= 0.6 is 0 Å². The van der Waals surface area contributed by atoms with E-state index in [1.807, 2.05) is 6.07 Å². The molecule has 0 radical (unpaired) electrons. The van der Waals surface area contributed by atoms with E-state index in [0.717, 1.165) is 4.90 Å². The number of rotatable bonds is 2. The molecule has 7 heteroatoms. The first-order valence-corrected chi connectivity index (χ1v) is 8.10. The van der Waals surface area contributed by atoms with Gasteiger partial charge in [0, 0.05) is 25.2 Å². The maximum Gasteiger partial charge on any atom is 0.408 e. The van der Waals surface area contributed by atoms with Gasteiger partial charge in [0.15, 0.2) is 0 Å². The van der Waals surface area contributed by atoms with Gasteiger partial charge in [-0.1, -0.05) is 18.2 Å². The number of alkyl halides is 3. The molecule has 0 spiro atoms. The Kier molecular flexibility index (Phi) is 4.51. The number of halogens is 3. The molecule has 2 fully saturated rings. The van der Waals surface area contributed by atoms with Gasteiger partial charge in [-0.15, -0.1) is 0 Å². The Balaban J connectivity index is 1.75. The normalized spacial score (nSPS) is 25.2. The van der Waals surface area contributed by atoms with Crippen molar-refractivity contribution in [3.05, 3.63) is 30.3 Å². The number of amides is 2. The number of carbonyl (C=O) groups excluding carboxylic acids is 2. The summed E-state index contributed by atoms with van der Waals surface area (Å²) < 4.78 is 39.6. The van der Waals surface area contributed by atoms with Crippen molar-refractivity contribution in [3.8, 4) is 0 Å². The number of nitrogens with zero attached hydrogens (tertiary/aromatic N) is 2. The first kappa shape index (κ1) is 16.8. The molecule has 2 saturated heterocycles. The molecule has 2 atom stereocenters. The number of hydrogen-bond donors (Lipinski definition) is 0. The zero-order valence-electron chi connectivity index (χ0n) is 13.1. The molecule has 2 aliphatic rings. The van der Waals surface area contributed by atoms with E-state index in [1.165, 1.54) is 4.90 Å². The van der Waals surface area contributed by atoms with Crippen LogP contribution in [0.3, 0.4) is 0 Å². The SMILES string of the molecule is O=C1CC(C(=O)N2CCCCC2C(F)(F)F)CN1c1ccccc1. The average Bonchev–Trinajstić information content (AvgIpc) is 2.96. The quantitative estimate of drug-likeness (QED) is 0.830. The van der Waals surface area contributed by atoms with E-state index in [1.54, 1.807) is 24.3 Å². The molecule has 0 aliphatic carbocycles. The van der Waals surface area contributed by atoms with E-state index in [0.29, 0.717) is 18.5 Å². The van der Waals surface area contributed by atoms with Crippen molar-refractivity contribution in [1.29, 1.82) is 0 Å². The summed E-state index contributed by atoms with van der Waals surface area (Å²) in [5, 5.41) is 0. The Bertz CT molecular complexity index is 618. The van der Waals surface area contributed by atoms with Gasteiger partial charge in [-0.25, -0.2) is 0 Å². The highest BCUT2D eigenvalue weighted by molar-refractivity contribution is 6.00.